The molecule has 80 valence electrons. The summed E-state index contributed by atoms with van der Waals surface area (Å²) in [4.78, 5) is 0. The molecule has 0 heterocycles. The van der Waals surface area contributed by atoms with Gasteiger partial charge in [-0.25, -0.2) is 0 Å². The Hall–Kier alpha value is -1.04. The molecule has 2 aliphatic carbocycles. The highest BCUT2D eigenvalue weighted by Gasteiger charge is 2.39. The molecule has 0 aromatic heterocycles. The van der Waals surface area contributed by atoms with Crippen molar-refractivity contribution in [2.75, 3.05) is 0 Å². The minimum atomic E-state index is 0.396. The SMILES string of the molecule is CCC(CC)(C1C=CC=C1)C1C=CC=C1. The molecule has 0 fully saturated rings. The van der Waals surface area contributed by atoms with Crippen molar-refractivity contribution in [3.8, 4) is 0 Å². The first-order valence-electron chi connectivity index (χ1n) is 6.03. The summed E-state index contributed by atoms with van der Waals surface area (Å²) in [5.74, 6) is 1.23. The van der Waals surface area contributed by atoms with Crippen LogP contribution >= 0.6 is 0 Å². The topological polar surface area (TPSA) is 0 Å². The first-order valence-corrected chi connectivity index (χ1v) is 6.03. The summed E-state index contributed by atoms with van der Waals surface area (Å²) in [6.45, 7) is 4.65. The molecular weight excluding hydrogens is 180 g/mol. The number of hydrogen-bond donors (Lipinski definition) is 0. The van der Waals surface area contributed by atoms with E-state index >= 15 is 0 Å². The third-order valence-electron chi connectivity index (χ3n) is 4.14. The quantitative estimate of drug-likeness (QED) is 0.635. The number of rotatable bonds is 4. The highest BCUT2D eigenvalue weighted by atomic mass is 14.4. The van der Waals surface area contributed by atoms with Crippen LogP contribution in [0.3, 0.4) is 0 Å². The molecule has 0 aliphatic heterocycles. The third-order valence-corrected chi connectivity index (χ3v) is 4.14. The lowest BCUT2D eigenvalue weighted by atomic mass is 9.64. The number of hydrogen-bond acceptors (Lipinski definition) is 0. The van der Waals surface area contributed by atoms with Crippen molar-refractivity contribution in [3.63, 3.8) is 0 Å². The second-order valence-electron chi connectivity index (χ2n) is 4.53. The smallest absolute Gasteiger partial charge is 0.00177 e. The summed E-state index contributed by atoms with van der Waals surface area (Å²) >= 11 is 0. The molecule has 0 aromatic carbocycles. The summed E-state index contributed by atoms with van der Waals surface area (Å²) in [7, 11) is 0. The van der Waals surface area contributed by atoms with Gasteiger partial charge in [0.05, 0.1) is 0 Å². The normalized spacial score (nSPS) is 20.9. The maximum atomic E-state index is 2.35. The van der Waals surface area contributed by atoms with Crippen molar-refractivity contribution in [2.45, 2.75) is 26.7 Å². The summed E-state index contributed by atoms with van der Waals surface area (Å²) in [6.07, 6.45) is 20.6. The van der Waals surface area contributed by atoms with Crippen LogP contribution in [-0.4, -0.2) is 0 Å². The molecule has 0 radical (unpaired) electrons. The van der Waals surface area contributed by atoms with Crippen molar-refractivity contribution in [1.82, 2.24) is 0 Å². The molecule has 0 saturated heterocycles. The van der Waals surface area contributed by atoms with Gasteiger partial charge in [-0.2, -0.15) is 0 Å². The standard InChI is InChI=1S/C15H20/c1-3-15(4-2,13-9-5-6-10-13)14-11-7-8-12-14/h5-14H,3-4H2,1-2H3. The monoisotopic (exact) mass is 200 g/mol. The van der Waals surface area contributed by atoms with Gasteiger partial charge >= 0.3 is 0 Å². The molecule has 0 saturated carbocycles. The minimum Gasteiger partial charge on any atom is -0.0770 e. The molecule has 0 bridgehead atoms. The van der Waals surface area contributed by atoms with Crippen molar-refractivity contribution < 1.29 is 0 Å². The Morgan fingerprint density at radius 2 is 1.07 bits per heavy atom. The highest BCUT2D eigenvalue weighted by Crippen LogP contribution is 2.47. The zero-order valence-electron chi connectivity index (χ0n) is 9.69. The fraction of sp³-hybridized carbons (Fsp3) is 0.467. The maximum absolute atomic E-state index is 2.35. The van der Waals surface area contributed by atoms with Gasteiger partial charge in [-0.15, -0.1) is 0 Å². The van der Waals surface area contributed by atoms with Gasteiger partial charge in [-0.05, 0) is 18.3 Å². The fourth-order valence-corrected chi connectivity index (χ4v) is 3.05. The van der Waals surface area contributed by atoms with Crippen LogP contribution in [0, 0.1) is 17.3 Å². The lowest BCUT2D eigenvalue weighted by molar-refractivity contribution is 0.170. The molecular formula is C15H20. The molecule has 0 spiro atoms. The fourth-order valence-electron chi connectivity index (χ4n) is 3.05. The zero-order chi connectivity index (χ0) is 10.7. The van der Waals surface area contributed by atoms with Crippen LogP contribution in [0.4, 0.5) is 0 Å². The Morgan fingerprint density at radius 1 is 0.733 bits per heavy atom. The van der Waals surface area contributed by atoms with Gasteiger partial charge in [0.2, 0.25) is 0 Å². The van der Waals surface area contributed by atoms with E-state index in [2.05, 4.69) is 62.5 Å². The van der Waals surface area contributed by atoms with Gasteiger partial charge < -0.3 is 0 Å². The zero-order valence-corrected chi connectivity index (χ0v) is 9.69. The van der Waals surface area contributed by atoms with Gasteiger partial charge in [0.15, 0.2) is 0 Å². The average molecular weight is 200 g/mol. The van der Waals surface area contributed by atoms with E-state index in [4.69, 9.17) is 0 Å². The van der Waals surface area contributed by atoms with Gasteiger partial charge in [-0.3, -0.25) is 0 Å². The molecule has 2 aliphatic rings. The third kappa shape index (κ3) is 1.62. The van der Waals surface area contributed by atoms with Crippen LogP contribution in [0.5, 0.6) is 0 Å². The Balaban J connectivity index is 2.29. The molecule has 0 atom stereocenters. The van der Waals surface area contributed by atoms with Crippen LogP contribution in [0.25, 0.3) is 0 Å². The lowest BCUT2D eigenvalue weighted by Crippen LogP contribution is -2.33. The van der Waals surface area contributed by atoms with E-state index < -0.39 is 0 Å². The van der Waals surface area contributed by atoms with E-state index in [-0.39, 0.29) is 0 Å². The molecule has 2 rings (SSSR count). The van der Waals surface area contributed by atoms with E-state index in [0.717, 1.165) is 0 Å². The van der Waals surface area contributed by atoms with Crippen LogP contribution in [0.1, 0.15) is 26.7 Å². The molecule has 0 unspecified atom stereocenters. The van der Waals surface area contributed by atoms with Gasteiger partial charge in [-0.1, -0.05) is 62.5 Å². The van der Waals surface area contributed by atoms with E-state index in [9.17, 15) is 0 Å². The Bertz CT molecular complexity index is 270. The highest BCUT2D eigenvalue weighted by molar-refractivity contribution is 5.28. The van der Waals surface area contributed by atoms with Crippen LogP contribution in [-0.2, 0) is 0 Å². The molecule has 0 heteroatoms. The van der Waals surface area contributed by atoms with Gasteiger partial charge in [0.25, 0.3) is 0 Å². The molecule has 15 heavy (non-hydrogen) atoms. The molecule has 0 nitrogen and oxygen atoms in total. The van der Waals surface area contributed by atoms with Crippen molar-refractivity contribution in [1.29, 1.82) is 0 Å². The molecule has 0 aromatic rings. The van der Waals surface area contributed by atoms with Crippen molar-refractivity contribution in [3.05, 3.63) is 48.6 Å². The van der Waals surface area contributed by atoms with Crippen LogP contribution in [0.15, 0.2) is 48.6 Å². The second-order valence-corrected chi connectivity index (χ2v) is 4.53. The van der Waals surface area contributed by atoms with Crippen LogP contribution < -0.4 is 0 Å². The Morgan fingerprint density at radius 3 is 1.33 bits per heavy atom. The van der Waals surface area contributed by atoms with E-state index in [1.807, 2.05) is 0 Å². The Labute approximate surface area is 93.1 Å². The lowest BCUT2D eigenvalue weighted by Gasteiger charge is -2.40. The predicted molar refractivity (Wildman–Crippen MR) is 66.6 cm³/mol. The first-order chi connectivity index (χ1) is 7.33. The van der Waals surface area contributed by atoms with Gasteiger partial charge in [0.1, 0.15) is 0 Å². The summed E-state index contributed by atoms with van der Waals surface area (Å²) in [5.41, 5.74) is 0.396. The summed E-state index contributed by atoms with van der Waals surface area (Å²) in [5, 5.41) is 0. The number of allylic oxidation sites excluding steroid dienone is 8. The average Bonchev–Trinajstić information content (AvgIpc) is 2.92. The summed E-state index contributed by atoms with van der Waals surface area (Å²) in [6, 6.07) is 0. The van der Waals surface area contributed by atoms with E-state index in [1.54, 1.807) is 0 Å². The molecule has 0 N–H and O–H groups in total. The van der Waals surface area contributed by atoms with Gasteiger partial charge in [0, 0.05) is 11.8 Å². The minimum absolute atomic E-state index is 0.396. The van der Waals surface area contributed by atoms with Crippen LogP contribution in [0.2, 0.25) is 0 Å². The molecule has 0 amide bonds. The van der Waals surface area contributed by atoms with E-state index in [1.165, 1.54) is 12.8 Å². The first kappa shape index (κ1) is 10.5. The Kier molecular flexibility index (Phi) is 2.95. The van der Waals surface area contributed by atoms with Crippen molar-refractivity contribution in [2.24, 2.45) is 17.3 Å². The van der Waals surface area contributed by atoms with Crippen molar-refractivity contribution >= 4 is 0 Å². The second kappa shape index (κ2) is 4.22. The van der Waals surface area contributed by atoms with E-state index in [0.29, 0.717) is 17.3 Å². The predicted octanol–water partition coefficient (Wildman–Crippen LogP) is 4.28. The maximum Gasteiger partial charge on any atom is 0.00177 e. The summed E-state index contributed by atoms with van der Waals surface area (Å²) < 4.78 is 0. The largest absolute Gasteiger partial charge is 0.0770 e.